The van der Waals surface area contributed by atoms with Crippen molar-refractivity contribution in [1.82, 2.24) is 4.98 Å². The molecule has 0 atom stereocenters. The van der Waals surface area contributed by atoms with Crippen LogP contribution in [0.5, 0.6) is 0 Å². The van der Waals surface area contributed by atoms with E-state index in [1.54, 1.807) is 0 Å². The van der Waals surface area contributed by atoms with Crippen molar-refractivity contribution in [2.75, 3.05) is 0 Å². The van der Waals surface area contributed by atoms with Crippen LogP contribution in [0.25, 0.3) is 6.08 Å². The van der Waals surface area contributed by atoms with Gasteiger partial charge in [0.15, 0.2) is 5.78 Å². The number of Topliss-reactive ketones (excluding diaryl/α,β-unsaturated/α-hetero) is 1. The lowest BCUT2D eigenvalue weighted by molar-refractivity contribution is -0.137. The van der Waals surface area contributed by atoms with Gasteiger partial charge in [-0.3, -0.25) is 9.78 Å². The second-order valence-corrected chi connectivity index (χ2v) is 3.91. The molecule has 1 aliphatic rings. The first kappa shape index (κ1) is 11.8. The highest BCUT2D eigenvalue weighted by Crippen LogP contribution is 2.30. The molecule has 0 aromatic carbocycles. The van der Waals surface area contributed by atoms with Crippen LogP contribution in [-0.2, 0) is 11.0 Å². The zero-order valence-electron chi connectivity index (χ0n) is 8.92. The van der Waals surface area contributed by atoms with Gasteiger partial charge >= 0.3 is 6.18 Å². The minimum Gasteiger partial charge on any atom is -0.295 e. The van der Waals surface area contributed by atoms with Gasteiger partial charge in [0.05, 0.1) is 11.3 Å². The number of alkyl halides is 3. The van der Waals surface area contributed by atoms with Gasteiger partial charge in [-0.15, -0.1) is 0 Å². The van der Waals surface area contributed by atoms with E-state index in [1.807, 2.05) is 0 Å². The molecule has 0 aliphatic heterocycles. The van der Waals surface area contributed by atoms with Crippen LogP contribution >= 0.6 is 0 Å². The molecule has 0 saturated heterocycles. The minimum atomic E-state index is -4.38. The summed E-state index contributed by atoms with van der Waals surface area (Å²) in [7, 11) is 0. The summed E-state index contributed by atoms with van der Waals surface area (Å²) in [6, 6.07) is 1.87. The van der Waals surface area contributed by atoms with Gasteiger partial charge in [-0.1, -0.05) is 0 Å². The molecule has 1 aliphatic carbocycles. The first-order valence-electron chi connectivity index (χ1n) is 5.24. The van der Waals surface area contributed by atoms with Crippen molar-refractivity contribution in [3.63, 3.8) is 0 Å². The lowest BCUT2D eigenvalue weighted by Crippen LogP contribution is -2.05. The summed E-state index contributed by atoms with van der Waals surface area (Å²) < 4.78 is 37.3. The van der Waals surface area contributed by atoms with Crippen molar-refractivity contribution < 1.29 is 18.0 Å². The largest absolute Gasteiger partial charge is 0.416 e. The summed E-state index contributed by atoms with van der Waals surface area (Å²) >= 11 is 0. The predicted octanol–water partition coefficient (Wildman–Crippen LogP) is 3.24. The summed E-state index contributed by atoms with van der Waals surface area (Å²) in [6.07, 6.45) is 0.0419. The lowest BCUT2D eigenvalue weighted by Gasteiger charge is -2.06. The normalized spacial score (nSPS) is 19.0. The molecule has 0 bridgehead atoms. The number of nitrogens with zero attached hydrogens (tertiary/aromatic N) is 1. The molecule has 2 rings (SSSR count). The molecule has 90 valence electrons. The molecule has 1 saturated carbocycles. The summed E-state index contributed by atoms with van der Waals surface area (Å²) in [5.41, 5.74) is 0.00620. The number of hydrogen-bond acceptors (Lipinski definition) is 2. The van der Waals surface area contributed by atoms with Crippen molar-refractivity contribution in [1.29, 1.82) is 0 Å². The van der Waals surface area contributed by atoms with E-state index in [4.69, 9.17) is 0 Å². The third kappa shape index (κ3) is 2.72. The van der Waals surface area contributed by atoms with Gasteiger partial charge < -0.3 is 0 Å². The number of carbonyl (C=O) groups is 1. The highest BCUT2D eigenvalue weighted by atomic mass is 19.4. The van der Waals surface area contributed by atoms with Crippen LogP contribution in [0.15, 0.2) is 23.9 Å². The second-order valence-electron chi connectivity index (χ2n) is 3.91. The van der Waals surface area contributed by atoms with E-state index in [-0.39, 0.29) is 11.5 Å². The Balaban J connectivity index is 2.31. The molecule has 1 aromatic rings. The molecular formula is C12H10F3NO. The fraction of sp³-hybridized carbons (Fsp3) is 0.333. The molecule has 1 fully saturated rings. The van der Waals surface area contributed by atoms with Crippen LogP contribution in [0.4, 0.5) is 13.2 Å². The number of halogens is 3. The number of rotatable bonds is 1. The molecular weight excluding hydrogens is 231 g/mol. The molecule has 0 radical (unpaired) electrons. The first-order valence-corrected chi connectivity index (χ1v) is 5.24. The van der Waals surface area contributed by atoms with Crippen LogP contribution < -0.4 is 0 Å². The van der Waals surface area contributed by atoms with Crippen molar-refractivity contribution in [3.05, 3.63) is 35.2 Å². The predicted molar refractivity (Wildman–Crippen MR) is 56.1 cm³/mol. The van der Waals surface area contributed by atoms with Crippen molar-refractivity contribution in [2.24, 2.45) is 0 Å². The number of allylic oxidation sites excluding steroid dienone is 1. The average Bonchev–Trinajstić information content (AvgIpc) is 2.64. The van der Waals surface area contributed by atoms with Gasteiger partial charge in [0.1, 0.15) is 0 Å². The maximum atomic E-state index is 12.4. The van der Waals surface area contributed by atoms with E-state index in [9.17, 15) is 18.0 Å². The first-order chi connectivity index (χ1) is 7.97. The summed E-state index contributed by atoms with van der Waals surface area (Å²) in [6.45, 7) is 0. The van der Waals surface area contributed by atoms with E-state index in [0.29, 0.717) is 18.4 Å². The Bertz CT molecular complexity index is 477. The van der Waals surface area contributed by atoms with Gasteiger partial charge in [-0.2, -0.15) is 13.2 Å². The summed E-state index contributed by atoms with van der Waals surface area (Å²) in [5.74, 6) is 0.00390. The van der Waals surface area contributed by atoms with Gasteiger partial charge in [0.25, 0.3) is 0 Å². The maximum Gasteiger partial charge on any atom is 0.416 e. The van der Waals surface area contributed by atoms with Crippen LogP contribution in [-0.4, -0.2) is 10.8 Å². The fourth-order valence-corrected chi connectivity index (χ4v) is 1.77. The SMILES string of the molecule is O=C1CCC/C1=C/c1cc(C(F)(F)F)ccn1. The van der Waals surface area contributed by atoms with Crippen LogP contribution in [0.1, 0.15) is 30.5 Å². The third-order valence-electron chi connectivity index (χ3n) is 2.64. The van der Waals surface area contributed by atoms with E-state index in [0.717, 1.165) is 24.8 Å². The average molecular weight is 241 g/mol. The Morgan fingerprint density at radius 2 is 2.06 bits per heavy atom. The van der Waals surface area contributed by atoms with E-state index >= 15 is 0 Å². The quantitative estimate of drug-likeness (QED) is 0.706. The summed E-state index contributed by atoms with van der Waals surface area (Å²) in [5, 5.41) is 0. The molecule has 0 N–H and O–H groups in total. The van der Waals surface area contributed by atoms with Gasteiger partial charge in [-0.05, 0) is 36.6 Å². The van der Waals surface area contributed by atoms with E-state index in [1.165, 1.54) is 6.08 Å². The Morgan fingerprint density at radius 1 is 1.29 bits per heavy atom. The number of hydrogen-bond donors (Lipinski definition) is 0. The topological polar surface area (TPSA) is 30.0 Å². The number of pyridine rings is 1. The second kappa shape index (κ2) is 4.31. The Hall–Kier alpha value is -1.65. The van der Waals surface area contributed by atoms with Crippen LogP contribution in [0.2, 0.25) is 0 Å². The highest BCUT2D eigenvalue weighted by molar-refractivity contribution is 6.01. The van der Waals surface area contributed by atoms with Gasteiger partial charge in [0.2, 0.25) is 0 Å². The van der Waals surface area contributed by atoms with Crippen molar-refractivity contribution in [3.8, 4) is 0 Å². The maximum absolute atomic E-state index is 12.4. The number of carbonyl (C=O) groups excluding carboxylic acids is 1. The molecule has 1 aromatic heterocycles. The van der Waals surface area contributed by atoms with Crippen molar-refractivity contribution in [2.45, 2.75) is 25.4 Å². The molecule has 0 amide bonds. The van der Waals surface area contributed by atoms with Crippen LogP contribution in [0.3, 0.4) is 0 Å². The molecule has 0 unspecified atom stereocenters. The lowest BCUT2D eigenvalue weighted by atomic mass is 10.1. The Labute approximate surface area is 96.2 Å². The molecule has 1 heterocycles. The molecule has 5 heteroatoms. The highest BCUT2D eigenvalue weighted by Gasteiger charge is 2.30. The van der Waals surface area contributed by atoms with E-state index in [2.05, 4.69) is 4.98 Å². The fourth-order valence-electron chi connectivity index (χ4n) is 1.77. The molecule has 2 nitrogen and oxygen atoms in total. The Morgan fingerprint density at radius 3 is 2.65 bits per heavy atom. The monoisotopic (exact) mass is 241 g/mol. The third-order valence-corrected chi connectivity index (χ3v) is 2.64. The van der Waals surface area contributed by atoms with E-state index < -0.39 is 11.7 Å². The number of aromatic nitrogens is 1. The number of ketones is 1. The Kier molecular flexibility index (Phi) is 3.00. The van der Waals surface area contributed by atoms with Gasteiger partial charge in [0, 0.05) is 12.6 Å². The summed E-state index contributed by atoms with van der Waals surface area (Å²) in [4.78, 5) is 15.2. The smallest absolute Gasteiger partial charge is 0.295 e. The van der Waals surface area contributed by atoms with Gasteiger partial charge in [-0.25, -0.2) is 0 Å². The zero-order valence-corrected chi connectivity index (χ0v) is 8.92. The van der Waals surface area contributed by atoms with Crippen LogP contribution in [0, 0.1) is 0 Å². The molecule has 17 heavy (non-hydrogen) atoms. The molecule has 0 spiro atoms. The minimum absolute atomic E-state index is 0.00390. The van der Waals surface area contributed by atoms with Crippen molar-refractivity contribution >= 4 is 11.9 Å². The zero-order chi connectivity index (χ0) is 12.5. The standard InChI is InChI=1S/C12H10F3NO/c13-12(14,15)9-4-5-16-10(7-9)6-8-2-1-3-11(8)17/h4-7H,1-3H2/b8-6-.